The van der Waals surface area contributed by atoms with Gasteiger partial charge in [-0.1, -0.05) is 0 Å². The Balaban J connectivity index is 2.21. The molecule has 0 atom stereocenters. The van der Waals surface area contributed by atoms with Crippen molar-refractivity contribution in [2.24, 2.45) is 0 Å². The molecule has 0 fully saturated rings. The molecule has 2 aromatic rings. The maximum atomic E-state index is 8.85. The van der Waals surface area contributed by atoms with Crippen LogP contribution in [0, 0.1) is 6.92 Å². The zero-order chi connectivity index (χ0) is 12.3. The number of rotatable bonds is 4. The first-order valence-corrected chi connectivity index (χ1v) is 6.30. The highest BCUT2D eigenvalue weighted by molar-refractivity contribution is 7.13. The first kappa shape index (κ1) is 12.0. The van der Waals surface area contributed by atoms with Crippen molar-refractivity contribution < 1.29 is 5.11 Å². The lowest BCUT2D eigenvalue weighted by Crippen LogP contribution is -2.22. The molecule has 0 unspecified atom stereocenters. The number of aromatic nitrogens is 2. The van der Waals surface area contributed by atoms with E-state index in [9.17, 15) is 0 Å². The molecule has 17 heavy (non-hydrogen) atoms. The summed E-state index contributed by atoms with van der Waals surface area (Å²) in [6, 6.07) is 5.97. The molecule has 4 nitrogen and oxygen atoms in total. The van der Waals surface area contributed by atoms with Gasteiger partial charge >= 0.3 is 0 Å². The van der Waals surface area contributed by atoms with E-state index >= 15 is 0 Å². The molecule has 0 aromatic carbocycles. The summed E-state index contributed by atoms with van der Waals surface area (Å²) in [7, 11) is 1.89. The van der Waals surface area contributed by atoms with E-state index in [-0.39, 0.29) is 6.61 Å². The van der Waals surface area contributed by atoms with Gasteiger partial charge in [0, 0.05) is 13.6 Å². The topological polar surface area (TPSA) is 49.2 Å². The summed E-state index contributed by atoms with van der Waals surface area (Å²) in [4.78, 5) is 3.03. The zero-order valence-electron chi connectivity index (χ0n) is 9.92. The Labute approximate surface area is 105 Å². The number of aliphatic hydroxyl groups is 1. The number of aryl methyl sites for hydroxylation is 1. The standard InChI is InChI=1S/C12H15N3OS/c1-9-5-8-17-12(9)10-3-4-11(14-13-10)15(2)6-7-16/h3-5,8,16H,6-7H2,1-2H3. The normalized spacial score (nSPS) is 10.5. The summed E-state index contributed by atoms with van der Waals surface area (Å²) in [5, 5.41) is 19.3. The largest absolute Gasteiger partial charge is 0.395 e. The van der Waals surface area contributed by atoms with E-state index < -0.39 is 0 Å². The van der Waals surface area contributed by atoms with Crippen LogP contribution in [0.3, 0.4) is 0 Å². The van der Waals surface area contributed by atoms with E-state index in [0.29, 0.717) is 6.54 Å². The van der Waals surface area contributed by atoms with Crippen molar-refractivity contribution in [1.82, 2.24) is 10.2 Å². The van der Waals surface area contributed by atoms with Gasteiger partial charge in [0.1, 0.15) is 5.69 Å². The summed E-state index contributed by atoms with van der Waals surface area (Å²) in [6.45, 7) is 2.75. The molecule has 0 bridgehead atoms. The number of anilines is 1. The van der Waals surface area contributed by atoms with Gasteiger partial charge in [0.15, 0.2) is 5.82 Å². The first-order chi connectivity index (χ1) is 8.22. The van der Waals surface area contributed by atoms with Crippen LogP contribution in [0.15, 0.2) is 23.6 Å². The fourth-order valence-electron chi connectivity index (χ4n) is 1.55. The van der Waals surface area contributed by atoms with Crippen molar-refractivity contribution >= 4 is 17.2 Å². The molecule has 0 radical (unpaired) electrons. The van der Waals surface area contributed by atoms with Gasteiger partial charge in [-0.05, 0) is 36.1 Å². The summed E-state index contributed by atoms with van der Waals surface area (Å²) < 4.78 is 0. The Morgan fingerprint density at radius 2 is 2.12 bits per heavy atom. The monoisotopic (exact) mass is 249 g/mol. The minimum Gasteiger partial charge on any atom is -0.395 e. The minimum atomic E-state index is 0.115. The van der Waals surface area contributed by atoms with E-state index in [2.05, 4.69) is 28.6 Å². The summed E-state index contributed by atoms with van der Waals surface area (Å²) in [5.74, 6) is 0.775. The second-order valence-electron chi connectivity index (χ2n) is 3.85. The lowest BCUT2D eigenvalue weighted by atomic mass is 10.2. The molecule has 1 N–H and O–H groups in total. The van der Waals surface area contributed by atoms with Gasteiger partial charge in [-0.3, -0.25) is 0 Å². The molecule has 90 valence electrons. The van der Waals surface area contributed by atoms with E-state index in [1.54, 1.807) is 11.3 Å². The number of hydrogen-bond acceptors (Lipinski definition) is 5. The van der Waals surface area contributed by atoms with Gasteiger partial charge in [-0.15, -0.1) is 21.5 Å². The molecule has 2 rings (SSSR count). The lowest BCUT2D eigenvalue weighted by molar-refractivity contribution is 0.303. The van der Waals surface area contributed by atoms with Crippen molar-refractivity contribution in [3.05, 3.63) is 29.1 Å². The zero-order valence-corrected chi connectivity index (χ0v) is 10.7. The van der Waals surface area contributed by atoms with Gasteiger partial charge in [0.2, 0.25) is 0 Å². The molecular formula is C12H15N3OS. The quantitative estimate of drug-likeness (QED) is 0.899. The summed E-state index contributed by atoms with van der Waals surface area (Å²) >= 11 is 1.67. The average Bonchev–Trinajstić information content (AvgIpc) is 2.76. The molecule has 0 amide bonds. The molecule has 0 aliphatic heterocycles. The lowest BCUT2D eigenvalue weighted by Gasteiger charge is -2.15. The van der Waals surface area contributed by atoms with Crippen LogP contribution < -0.4 is 4.90 Å². The predicted molar refractivity (Wildman–Crippen MR) is 70.4 cm³/mol. The van der Waals surface area contributed by atoms with Crippen LogP contribution in [-0.4, -0.2) is 35.5 Å². The average molecular weight is 249 g/mol. The second kappa shape index (κ2) is 5.25. The molecule has 0 aliphatic carbocycles. The molecule has 0 saturated heterocycles. The fraction of sp³-hybridized carbons (Fsp3) is 0.333. The van der Waals surface area contributed by atoms with Crippen LogP contribution in [0.4, 0.5) is 5.82 Å². The molecule has 5 heteroatoms. The predicted octanol–water partition coefficient (Wildman–Crippen LogP) is 1.94. The van der Waals surface area contributed by atoms with Gasteiger partial charge in [0.05, 0.1) is 11.5 Å². The van der Waals surface area contributed by atoms with Crippen LogP contribution in [0.2, 0.25) is 0 Å². The maximum Gasteiger partial charge on any atom is 0.151 e. The van der Waals surface area contributed by atoms with Crippen LogP contribution in [0.25, 0.3) is 10.6 Å². The highest BCUT2D eigenvalue weighted by atomic mass is 32.1. The molecular weight excluding hydrogens is 234 g/mol. The highest BCUT2D eigenvalue weighted by Crippen LogP contribution is 2.27. The van der Waals surface area contributed by atoms with E-state index in [4.69, 9.17) is 5.11 Å². The number of thiophene rings is 1. The van der Waals surface area contributed by atoms with E-state index in [1.165, 1.54) is 5.56 Å². The third-order valence-electron chi connectivity index (χ3n) is 2.57. The molecule has 2 heterocycles. The van der Waals surface area contributed by atoms with Crippen LogP contribution in [-0.2, 0) is 0 Å². The molecule has 0 saturated carbocycles. The maximum absolute atomic E-state index is 8.85. The van der Waals surface area contributed by atoms with Crippen molar-refractivity contribution in [1.29, 1.82) is 0 Å². The number of nitrogens with zero attached hydrogens (tertiary/aromatic N) is 3. The van der Waals surface area contributed by atoms with Crippen LogP contribution in [0.5, 0.6) is 0 Å². The Morgan fingerprint density at radius 1 is 1.29 bits per heavy atom. The Kier molecular flexibility index (Phi) is 3.71. The third kappa shape index (κ3) is 2.62. The molecule has 2 aromatic heterocycles. The summed E-state index contributed by atoms with van der Waals surface area (Å²) in [6.07, 6.45) is 0. The Bertz CT molecular complexity index is 481. The SMILES string of the molecule is Cc1ccsc1-c1ccc(N(C)CCO)nn1. The minimum absolute atomic E-state index is 0.115. The van der Waals surface area contributed by atoms with Crippen molar-refractivity contribution in [3.8, 4) is 10.6 Å². The van der Waals surface area contributed by atoms with E-state index in [0.717, 1.165) is 16.4 Å². The van der Waals surface area contributed by atoms with Crippen LogP contribution >= 0.6 is 11.3 Å². The number of hydrogen-bond donors (Lipinski definition) is 1. The third-order valence-corrected chi connectivity index (χ3v) is 3.61. The first-order valence-electron chi connectivity index (χ1n) is 5.42. The number of aliphatic hydroxyl groups excluding tert-OH is 1. The van der Waals surface area contributed by atoms with Crippen molar-refractivity contribution in [3.63, 3.8) is 0 Å². The fourth-order valence-corrected chi connectivity index (χ4v) is 2.44. The van der Waals surface area contributed by atoms with Crippen LogP contribution in [0.1, 0.15) is 5.56 Å². The van der Waals surface area contributed by atoms with Gasteiger partial charge in [-0.25, -0.2) is 0 Å². The van der Waals surface area contributed by atoms with Crippen molar-refractivity contribution in [2.45, 2.75) is 6.92 Å². The van der Waals surface area contributed by atoms with E-state index in [1.807, 2.05) is 24.1 Å². The Hall–Kier alpha value is -1.46. The Morgan fingerprint density at radius 3 is 2.65 bits per heavy atom. The molecule has 0 spiro atoms. The van der Waals surface area contributed by atoms with Gasteiger partial charge in [-0.2, -0.15) is 0 Å². The highest BCUT2D eigenvalue weighted by Gasteiger charge is 2.07. The number of likely N-dealkylation sites (N-methyl/N-ethyl adjacent to an activating group) is 1. The van der Waals surface area contributed by atoms with Gasteiger partial charge < -0.3 is 10.0 Å². The van der Waals surface area contributed by atoms with Gasteiger partial charge in [0.25, 0.3) is 0 Å². The second-order valence-corrected chi connectivity index (χ2v) is 4.77. The van der Waals surface area contributed by atoms with Crippen molar-refractivity contribution in [2.75, 3.05) is 25.1 Å². The smallest absolute Gasteiger partial charge is 0.151 e. The molecule has 0 aliphatic rings. The summed E-state index contributed by atoms with van der Waals surface area (Å²) in [5.41, 5.74) is 2.12.